The molecule has 0 saturated carbocycles. The number of hydrogen-bond acceptors (Lipinski definition) is 5. The predicted molar refractivity (Wildman–Crippen MR) is 64.7 cm³/mol. The van der Waals surface area contributed by atoms with E-state index in [0.717, 1.165) is 5.56 Å². The van der Waals surface area contributed by atoms with Gasteiger partial charge in [-0.2, -0.15) is 15.8 Å². The molecular weight excluding hydrogens is 228 g/mol. The maximum atomic E-state index is 8.93. The highest BCUT2D eigenvalue weighted by atomic mass is 16.2. The Morgan fingerprint density at radius 3 is 2.33 bits per heavy atom. The molecule has 5 nitrogen and oxygen atoms in total. The standard InChI is InChI=1S/C13H10N4O/c14-7-11(8-15)13(9-16)17-12-4-2-1-3-10(12)5-6-18/h1-4,17-18H,5-6H2. The molecule has 1 aromatic rings. The minimum Gasteiger partial charge on any atom is -0.396 e. The summed E-state index contributed by atoms with van der Waals surface area (Å²) in [5.41, 5.74) is 1.05. The van der Waals surface area contributed by atoms with Gasteiger partial charge in [-0.1, -0.05) is 18.2 Å². The Balaban J connectivity index is 3.13. The number of allylic oxidation sites excluding steroid dienone is 2. The van der Waals surface area contributed by atoms with Gasteiger partial charge < -0.3 is 10.4 Å². The van der Waals surface area contributed by atoms with E-state index in [4.69, 9.17) is 20.9 Å². The zero-order valence-corrected chi connectivity index (χ0v) is 9.51. The molecule has 5 heteroatoms. The first-order valence-corrected chi connectivity index (χ1v) is 5.17. The van der Waals surface area contributed by atoms with E-state index < -0.39 is 0 Å². The van der Waals surface area contributed by atoms with E-state index in [1.165, 1.54) is 0 Å². The van der Waals surface area contributed by atoms with E-state index in [0.29, 0.717) is 12.1 Å². The zero-order valence-electron chi connectivity index (χ0n) is 9.51. The van der Waals surface area contributed by atoms with Crippen molar-refractivity contribution in [2.45, 2.75) is 6.42 Å². The summed E-state index contributed by atoms with van der Waals surface area (Å²) in [5.74, 6) is 0. The molecule has 0 aromatic heterocycles. The third-order valence-corrected chi connectivity index (χ3v) is 2.24. The van der Waals surface area contributed by atoms with Gasteiger partial charge in [0.15, 0.2) is 5.57 Å². The van der Waals surface area contributed by atoms with Crippen LogP contribution in [0.25, 0.3) is 0 Å². The molecule has 1 rings (SSSR count). The highest BCUT2D eigenvalue weighted by Crippen LogP contribution is 2.18. The normalized spacial score (nSPS) is 8.56. The minimum absolute atomic E-state index is 0.0202. The fraction of sp³-hybridized carbons (Fsp3) is 0.154. The van der Waals surface area contributed by atoms with Crippen LogP contribution in [0.15, 0.2) is 35.5 Å². The Kier molecular flexibility index (Phi) is 4.94. The Morgan fingerprint density at radius 2 is 1.78 bits per heavy atom. The Bertz CT molecular complexity index is 568. The van der Waals surface area contributed by atoms with E-state index in [-0.39, 0.29) is 17.9 Å². The maximum Gasteiger partial charge on any atom is 0.163 e. The fourth-order valence-electron chi connectivity index (χ4n) is 1.40. The summed E-state index contributed by atoms with van der Waals surface area (Å²) in [6, 6.07) is 12.2. The number of hydrogen-bond donors (Lipinski definition) is 2. The van der Waals surface area contributed by atoms with Crippen LogP contribution < -0.4 is 5.32 Å². The van der Waals surface area contributed by atoms with Crippen molar-refractivity contribution in [2.75, 3.05) is 11.9 Å². The van der Waals surface area contributed by atoms with Gasteiger partial charge in [0.05, 0.1) is 0 Å². The molecule has 0 unspecified atom stereocenters. The van der Waals surface area contributed by atoms with Gasteiger partial charge in [0.1, 0.15) is 23.9 Å². The number of rotatable bonds is 4. The molecule has 88 valence electrons. The van der Waals surface area contributed by atoms with Crippen molar-refractivity contribution in [1.29, 1.82) is 15.8 Å². The molecule has 0 saturated heterocycles. The Morgan fingerprint density at radius 1 is 1.11 bits per heavy atom. The molecule has 18 heavy (non-hydrogen) atoms. The predicted octanol–water partition coefficient (Wildman–Crippen LogP) is 1.46. The second-order valence-electron chi connectivity index (χ2n) is 3.34. The number of aliphatic hydroxyl groups is 1. The molecule has 0 aliphatic carbocycles. The summed E-state index contributed by atoms with van der Waals surface area (Å²) in [4.78, 5) is 0. The number of nitriles is 3. The average Bonchev–Trinajstić information content (AvgIpc) is 2.41. The van der Waals surface area contributed by atoms with Crippen LogP contribution in [0.3, 0.4) is 0 Å². The average molecular weight is 238 g/mol. The third-order valence-electron chi connectivity index (χ3n) is 2.24. The van der Waals surface area contributed by atoms with Gasteiger partial charge in [-0.05, 0) is 18.1 Å². The molecule has 0 aliphatic heterocycles. The molecule has 0 aliphatic rings. The summed E-state index contributed by atoms with van der Waals surface area (Å²) in [6.07, 6.45) is 0.427. The van der Waals surface area contributed by atoms with Crippen molar-refractivity contribution in [1.82, 2.24) is 0 Å². The van der Waals surface area contributed by atoms with Crippen LogP contribution >= 0.6 is 0 Å². The maximum absolute atomic E-state index is 8.93. The number of aliphatic hydroxyl groups excluding tert-OH is 1. The number of nitrogens with zero attached hydrogens (tertiary/aromatic N) is 3. The van der Waals surface area contributed by atoms with Gasteiger partial charge in [-0.15, -0.1) is 0 Å². The lowest BCUT2D eigenvalue weighted by Crippen LogP contribution is -2.04. The van der Waals surface area contributed by atoms with E-state index >= 15 is 0 Å². The van der Waals surface area contributed by atoms with Gasteiger partial charge in [-0.3, -0.25) is 0 Å². The van der Waals surface area contributed by atoms with Crippen LogP contribution in [0.4, 0.5) is 5.69 Å². The summed E-state index contributed by atoms with van der Waals surface area (Å²) in [6.45, 7) is -0.0202. The van der Waals surface area contributed by atoms with Crippen molar-refractivity contribution in [3.05, 3.63) is 41.1 Å². The first-order chi connectivity index (χ1) is 8.76. The van der Waals surface area contributed by atoms with Crippen molar-refractivity contribution in [3.63, 3.8) is 0 Å². The summed E-state index contributed by atoms with van der Waals surface area (Å²) < 4.78 is 0. The lowest BCUT2D eigenvalue weighted by Gasteiger charge is -2.09. The molecule has 0 radical (unpaired) electrons. The Hall–Kier alpha value is -2.81. The van der Waals surface area contributed by atoms with Crippen LogP contribution in [-0.2, 0) is 6.42 Å². The zero-order chi connectivity index (χ0) is 13.4. The van der Waals surface area contributed by atoms with E-state index in [1.807, 2.05) is 0 Å². The molecule has 2 N–H and O–H groups in total. The summed E-state index contributed by atoms with van der Waals surface area (Å²) in [5, 5.41) is 38.0. The number of para-hydroxylation sites is 1. The van der Waals surface area contributed by atoms with Crippen LogP contribution in [0.1, 0.15) is 5.56 Å². The number of nitrogens with one attached hydrogen (secondary N) is 1. The number of anilines is 1. The minimum atomic E-state index is -0.267. The highest BCUT2D eigenvalue weighted by molar-refractivity contribution is 5.61. The van der Waals surface area contributed by atoms with Crippen molar-refractivity contribution >= 4 is 5.69 Å². The van der Waals surface area contributed by atoms with E-state index in [1.54, 1.807) is 42.5 Å². The monoisotopic (exact) mass is 238 g/mol. The molecule has 0 fully saturated rings. The topological polar surface area (TPSA) is 104 Å². The van der Waals surface area contributed by atoms with Gasteiger partial charge in [0, 0.05) is 12.3 Å². The van der Waals surface area contributed by atoms with E-state index in [9.17, 15) is 0 Å². The molecule has 0 bridgehead atoms. The van der Waals surface area contributed by atoms with Crippen LogP contribution in [0, 0.1) is 34.0 Å². The fourth-order valence-corrected chi connectivity index (χ4v) is 1.40. The largest absolute Gasteiger partial charge is 0.396 e. The van der Waals surface area contributed by atoms with Gasteiger partial charge in [0.2, 0.25) is 0 Å². The Labute approximate surface area is 105 Å². The van der Waals surface area contributed by atoms with Crippen LogP contribution in [0.2, 0.25) is 0 Å². The van der Waals surface area contributed by atoms with Crippen LogP contribution in [0.5, 0.6) is 0 Å². The first kappa shape index (κ1) is 13.3. The van der Waals surface area contributed by atoms with Gasteiger partial charge in [0.25, 0.3) is 0 Å². The van der Waals surface area contributed by atoms with Gasteiger partial charge in [-0.25, -0.2) is 0 Å². The molecule has 0 heterocycles. The summed E-state index contributed by atoms with van der Waals surface area (Å²) in [7, 11) is 0. The lowest BCUT2D eigenvalue weighted by molar-refractivity contribution is 0.300. The second kappa shape index (κ2) is 6.70. The van der Waals surface area contributed by atoms with Crippen molar-refractivity contribution in [2.24, 2.45) is 0 Å². The van der Waals surface area contributed by atoms with Crippen molar-refractivity contribution in [3.8, 4) is 18.2 Å². The third kappa shape index (κ3) is 3.09. The van der Waals surface area contributed by atoms with Gasteiger partial charge >= 0.3 is 0 Å². The lowest BCUT2D eigenvalue weighted by atomic mass is 10.1. The highest BCUT2D eigenvalue weighted by Gasteiger charge is 2.08. The van der Waals surface area contributed by atoms with Crippen molar-refractivity contribution < 1.29 is 5.11 Å². The SMILES string of the molecule is N#CC(C#N)=C(C#N)Nc1ccccc1CCO. The molecular formula is C13H10N4O. The molecule has 1 aromatic carbocycles. The number of benzene rings is 1. The smallest absolute Gasteiger partial charge is 0.163 e. The second-order valence-corrected chi connectivity index (χ2v) is 3.34. The first-order valence-electron chi connectivity index (χ1n) is 5.17. The quantitative estimate of drug-likeness (QED) is 0.773. The van der Waals surface area contributed by atoms with E-state index in [2.05, 4.69) is 5.32 Å². The molecule has 0 atom stereocenters. The molecule has 0 amide bonds. The molecule has 0 spiro atoms. The van der Waals surface area contributed by atoms with Crippen LogP contribution in [-0.4, -0.2) is 11.7 Å². The summed E-state index contributed by atoms with van der Waals surface area (Å²) >= 11 is 0.